The molecule has 5 nitrogen and oxygen atoms in total. The molecule has 0 radical (unpaired) electrons. The maximum Gasteiger partial charge on any atom is 0.235 e. The predicted octanol–water partition coefficient (Wildman–Crippen LogP) is 3.19. The molecule has 1 atom stereocenters. The second kappa shape index (κ2) is 7.15. The summed E-state index contributed by atoms with van der Waals surface area (Å²) in [6.07, 6.45) is 0. The summed E-state index contributed by atoms with van der Waals surface area (Å²) in [5, 5.41) is 9.73. The molecule has 1 aromatic heterocycles. The number of hydrogen-bond donors (Lipinski definition) is 0. The molecule has 2 rings (SSSR count). The number of benzene rings is 1. The highest BCUT2D eigenvalue weighted by Crippen LogP contribution is 2.27. The number of carbonyl (C=O) groups is 1. The summed E-state index contributed by atoms with van der Waals surface area (Å²) in [4.78, 5) is 13.6. The lowest BCUT2D eigenvalue weighted by Crippen LogP contribution is -2.29. The smallest absolute Gasteiger partial charge is 0.235 e. The number of rotatable bonds is 5. The second-order valence-corrected chi connectivity index (χ2v) is 6.79. The van der Waals surface area contributed by atoms with Gasteiger partial charge in [-0.1, -0.05) is 23.4 Å². The molecule has 0 unspecified atom stereocenters. The Morgan fingerprint density at radius 1 is 1.32 bits per heavy atom. The van der Waals surface area contributed by atoms with Crippen LogP contribution in [0.5, 0.6) is 0 Å². The van der Waals surface area contributed by atoms with E-state index in [1.54, 1.807) is 19.0 Å². The summed E-state index contributed by atoms with van der Waals surface area (Å²) in [5.41, 5.74) is 0.956. The molecule has 7 heteroatoms. The number of aromatic nitrogens is 3. The van der Waals surface area contributed by atoms with Gasteiger partial charge in [0.25, 0.3) is 0 Å². The fourth-order valence-corrected chi connectivity index (χ4v) is 3.23. The number of thioether (sulfide) groups is 1. The van der Waals surface area contributed by atoms with E-state index in [1.807, 2.05) is 42.7 Å². The van der Waals surface area contributed by atoms with Crippen LogP contribution < -0.4 is 0 Å². The highest BCUT2D eigenvalue weighted by molar-refractivity contribution is 8.00. The monoisotopic (exact) mass is 338 g/mol. The van der Waals surface area contributed by atoms with Crippen molar-refractivity contribution >= 4 is 29.3 Å². The Balaban J connectivity index is 2.28. The molecule has 0 spiro atoms. The molecule has 1 amide bonds. The molecule has 2 aromatic rings. The third-order valence-corrected chi connectivity index (χ3v) is 4.53. The van der Waals surface area contributed by atoms with E-state index in [0.717, 1.165) is 23.1 Å². The van der Waals surface area contributed by atoms with Gasteiger partial charge in [0, 0.05) is 31.2 Å². The Morgan fingerprint density at radius 3 is 2.50 bits per heavy atom. The van der Waals surface area contributed by atoms with E-state index < -0.39 is 0 Å². The van der Waals surface area contributed by atoms with Crippen LogP contribution in [0.25, 0.3) is 11.4 Å². The van der Waals surface area contributed by atoms with Gasteiger partial charge in [0.2, 0.25) is 5.91 Å². The van der Waals surface area contributed by atoms with Crippen LogP contribution in [-0.2, 0) is 11.3 Å². The van der Waals surface area contributed by atoms with Crippen LogP contribution in [0.2, 0.25) is 5.02 Å². The van der Waals surface area contributed by atoms with E-state index in [1.165, 1.54) is 11.8 Å². The van der Waals surface area contributed by atoms with Crippen molar-refractivity contribution in [3.8, 4) is 11.4 Å². The van der Waals surface area contributed by atoms with Gasteiger partial charge in [-0.25, -0.2) is 0 Å². The lowest BCUT2D eigenvalue weighted by Gasteiger charge is -2.16. The molecule has 0 aliphatic carbocycles. The number of halogens is 1. The van der Waals surface area contributed by atoms with Gasteiger partial charge in [0.15, 0.2) is 11.0 Å². The average Bonchev–Trinajstić information content (AvgIpc) is 2.89. The molecule has 0 fully saturated rings. The number of amides is 1. The van der Waals surface area contributed by atoms with Crippen LogP contribution in [0.3, 0.4) is 0 Å². The fraction of sp³-hybridized carbons (Fsp3) is 0.400. The Bertz CT molecular complexity index is 654. The second-order valence-electron chi connectivity index (χ2n) is 5.05. The van der Waals surface area contributed by atoms with Crippen LogP contribution in [0.1, 0.15) is 13.8 Å². The molecule has 0 saturated carbocycles. The van der Waals surface area contributed by atoms with E-state index in [4.69, 9.17) is 11.6 Å². The Morgan fingerprint density at radius 2 is 1.95 bits per heavy atom. The Labute approximate surface area is 139 Å². The van der Waals surface area contributed by atoms with E-state index in [0.29, 0.717) is 5.02 Å². The van der Waals surface area contributed by atoms with Gasteiger partial charge in [-0.2, -0.15) is 0 Å². The molecule has 0 saturated heterocycles. The van der Waals surface area contributed by atoms with Gasteiger partial charge in [0.05, 0.1) is 5.25 Å². The third kappa shape index (κ3) is 3.62. The number of carbonyl (C=O) groups excluding carboxylic acids is 1. The molecular formula is C15H19ClN4OS. The van der Waals surface area contributed by atoms with Crippen LogP contribution in [0, 0.1) is 0 Å². The zero-order valence-corrected chi connectivity index (χ0v) is 14.6. The summed E-state index contributed by atoms with van der Waals surface area (Å²) >= 11 is 7.34. The zero-order chi connectivity index (χ0) is 16.3. The maximum absolute atomic E-state index is 12.0. The lowest BCUT2D eigenvalue weighted by atomic mass is 10.2. The van der Waals surface area contributed by atoms with Crippen LogP contribution >= 0.6 is 23.4 Å². The van der Waals surface area contributed by atoms with Crippen molar-refractivity contribution in [2.45, 2.75) is 30.8 Å². The minimum Gasteiger partial charge on any atom is -0.348 e. The van der Waals surface area contributed by atoms with Gasteiger partial charge in [-0.3, -0.25) is 4.79 Å². The normalized spacial score (nSPS) is 12.2. The number of nitrogens with zero attached hydrogens (tertiary/aromatic N) is 4. The molecule has 1 aromatic carbocycles. The molecular weight excluding hydrogens is 320 g/mol. The topological polar surface area (TPSA) is 51.0 Å². The van der Waals surface area contributed by atoms with Crippen LogP contribution in [0.4, 0.5) is 0 Å². The SMILES string of the molecule is CCn1c(S[C@H](C)C(=O)N(C)C)nnc1-c1ccc(Cl)cc1. The largest absolute Gasteiger partial charge is 0.348 e. The molecule has 0 aliphatic rings. The van der Waals surface area contributed by atoms with E-state index in [-0.39, 0.29) is 11.2 Å². The fourth-order valence-electron chi connectivity index (χ4n) is 2.05. The third-order valence-electron chi connectivity index (χ3n) is 3.21. The summed E-state index contributed by atoms with van der Waals surface area (Å²) in [7, 11) is 3.51. The Kier molecular flexibility index (Phi) is 5.47. The van der Waals surface area contributed by atoms with Gasteiger partial charge < -0.3 is 9.47 Å². The summed E-state index contributed by atoms with van der Waals surface area (Å²) in [5.74, 6) is 0.842. The van der Waals surface area contributed by atoms with E-state index in [9.17, 15) is 4.79 Å². The predicted molar refractivity (Wildman–Crippen MR) is 90.2 cm³/mol. The Hall–Kier alpha value is -1.53. The van der Waals surface area contributed by atoms with E-state index >= 15 is 0 Å². The first-order chi connectivity index (χ1) is 10.4. The zero-order valence-electron chi connectivity index (χ0n) is 13.1. The summed E-state index contributed by atoms with van der Waals surface area (Å²) in [6.45, 7) is 4.64. The first-order valence-electron chi connectivity index (χ1n) is 7.01. The first kappa shape index (κ1) is 16.8. The maximum atomic E-state index is 12.0. The highest BCUT2D eigenvalue weighted by atomic mass is 35.5. The number of hydrogen-bond acceptors (Lipinski definition) is 4. The molecule has 0 bridgehead atoms. The average molecular weight is 339 g/mol. The van der Waals surface area contributed by atoms with Crippen LogP contribution in [-0.4, -0.2) is 44.9 Å². The van der Waals surface area contributed by atoms with Gasteiger partial charge >= 0.3 is 0 Å². The highest BCUT2D eigenvalue weighted by Gasteiger charge is 2.21. The van der Waals surface area contributed by atoms with E-state index in [2.05, 4.69) is 10.2 Å². The van der Waals surface area contributed by atoms with Crippen molar-refractivity contribution in [2.75, 3.05) is 14.1 Å². The lowest BCUT2D eigenvalue weighted by molar-refractivity contribution is -0.127. The minimum atomic E-state index is -0.206. The van der Waals surface area contributed by atoms with Gasteiger partial charge in [0.1, 0.15) is 0 Å². The standard InChI is InChI=1S/C15H19ClN4OS/c1-5-20-13(11-6-8-12(16)9-7-11)17-18-15(20)22-10(2)14(21)19(3)4/h6-10H,5H2,1-4H3/t10-/m1/s1. The summed E-state index contributed by atoms with van der Waals surface area (Å²) in [6, 6.07) is 7.50. The van der Waals surface area contributed by atoms with Crippen LogP contribution in [0.15, 0.2) is 29.4 Å². The van der Waals surface area contributed by atoms with Crippen molar-refractivity contribution in [1.82, 2.24) is 19.7 Å². The minimum absolute atomic E-state index is 0.0590. The van der Waals surface area contributed by atoms with Crippen molar-refractivity contribution in [2.24, 2.45) is 0 Å². The molecule has 22 heavy (non-hydrogen) atoms. The van der Waals surface area contributed by atoms with Crippen molar-refractivity contribution in [1.29, 1.82) is 0 Å². The molecule has 0 aliphatic heterocycles. The van der Waals surface area contributed by atoms with Crippen molar-refractivity contribution in [3.63, 3.8) is 0 Å². The van der Waals surface area contributed by atoms with Gasteiger partial charge in [-0.15, -0.1) is 10.2 Å². The van der Waals surface area contributed by atoms with Crippen molar-refractivity contribution < 1.29 is 4.79 Å². The first-order valence-corrected chi connectivity index (χ1v) is 8.26. The molecule has 0 N–H and O–H groups in total. The van der Waals surface area contributed by atoms with Gasteiger partial charge in [-0.05, 0) is 38.1 Å². The van der Waals surface area contributed by atoms with Crippen molar-refractivity contribution in [3.05, 3.63) is 29.3 Å². The quantitative estimate of drug-likeness (QED) is 0.786. The molecule has 118 valence electrons. The molecule has 1 heterocycles. The summed E-state index contributed by atoms with van der Waals surface area (Å²) < 4.78 is 2.01.